The van der Waals surface area contributed by atoms with Gasteiger partial charge in [-0.3, -0.25) is 9.59 Å². The largest absolute Gasteiger partial charge is 0.507 e. The summed E-state index contributed by atoms with van der Waals surface area (Å²) in [5, 5.41) is 12.9. The maximum Gasteiger partial charge on any atom is 0.295 e. The SMILES string of the molecule is CN(C)CCN1C(=O)C(=O)/C(=C(/O)c2ccc3c(c2)OCO3)C1c1cccs1. The second-order valence-electron chi connectivity index (χ2n) is 6.88. The number of rotatable bonds is 5. The molecule has 0 spiro atoms. The molecular formula is C20H20N2O5S. The minimum absolute atomic E-state index is 0.102. The van der Waals surface area contributed by atoms with E-state index in [0.717, 1.165) is 4.88 Å². The molecule has 1 N–H and O–H groups in total. The zero-order valence-corrected chi connectivity index (χ0v) is 16.4. The van der Waals surface area contributed by atoms with Crippen molar-refractivity contribution in [3.8, 4) is 11.5 Å². The molecule has 4 rings (SSSR count). The van der Waals surface area contributed by atoms with E-state index in [4.69, 9.17) is 9.47 Å². The number of hydrogen-bond acceptors (Lipinski definition) is 7. The fourth-order valence-electron chi connectivity index (χ4n) is 3.36. The summed E-state index contributed by atoms with van der Waals surface area (Å²) < 4.78 is 10.7. The van der Waals surface area contributed by atoms with E-state index in [1.54, 1.807) is 18.2 Å². The zero-order chi connectivity index (χ0) is 19.8. The van der Waals surface area contributed by atoms with Crippen molar-refractivity contribution in [3.63, 3.8) is 0 Å². The normalized spacial score (nSPS) is 20.4. The van der Waals surface area contributed by atoms with Gasteiger partial charge >= 0.3 is 0 Å². The summed E-state index contributed by atoms with van der Waals surface area (Å²) in [6.07, 6.45) is 0. The molecule has 1 amide bonds. The molecule has 8 heteroatoms. The van der Waals surface area contributed by atoms with E-state index in [2.05, 4.69) is 0 Å². The highest BCUT2D eigenvalue weighted by Crippen LogP contribution is 2.42. The standard InChI is InChI=1S/C20H20N2O5S/c1-21(2)7-8-22-17(15-4-3-9-28-15)16(19(24)20(22)25)18(23)12-5-6-13-14(10-12)27-11-26-13/h3-6,9-10,17,23H,7-8,11H2,1-2H3/b18-16+. The highest BCUT2D eigenvalue weighted by molar-refractivity contribution is 7.10. The summed E-state index contributed by atoms with van der Waals surface area (Å²) in [4.78, 5) is 29.9. The van der Waals surface area contributed by atoms with Crippen molar-refractivity contribution in [2.24, 2.45) is 0 Å². The van der Waals surface area contributed by atoms with Crippen LogP contribution < -0.4 is 9.47 Å². The van der Waals surface area contributed by atoms with Crippen LogP contribution >= 0.6 is 11.3 Å². The number of aliphatic hydroxyl groups excluding tert-OH is 1. The van der Waals surface area contributed by atoms with E-state index in [1.807, 2.05) is 36.5 Å². The van der Waals surface area contributed by atoms with Crippen molar-refractivity contribution < 1.29 is 24.2 Å². The molecule has 1 aromatic heterocycles. The zero-order valence-electron chi connectivity index (χ0n) is 15.5. The molecule has 146 valence electrons. The van der Waals surface area contributed by atoms with Gasteiger partial charge in [0.05, 0.1) is 11.6 Å². The van der Waals surface area contributed by atoms with Gasteiger partial charge in [-0.1, -0.05) is 6.07 Å². The van der Waals surface area contributed by atoms with Crippen molar-refractivity contribution in [1.29, 1.82) is 0 Å². The van der Waals surface area contributed by atoms with Crippen LogP contribution in [0.3, 0.4) is 0 Å². The summed E-state index contributed by atoms with van der Waals surface area (Å²) >= 11 is 1.45. The quantitative estimate of drug-likeness (QED) is 0.472. The summed E-state index contributed by atoms with van der Waals surface area (Å²) in [5.41, 5.74) is 0.515. The van der Waals surface area contributed by atoms with Crippen LogP contribution in [-0.4, -0.2) is 60.6 Å². The fourth-order valence-corrected chi connectivity index (χ4v) is 4.21. The number of carbonyl (C=O) groups is 2. The van der Waals surface area contributed by atoms with Crippen LogP contribution in [0, 0.1) is 0 Å². The lowest BCUT2D eigenvalue weighted by atomic mass is 9.99. The number of ketones is 1. The molecule has 1 aromatic carbocycles. The lowest BCUT2D eigenvalue weighted by molar-refractivity contribution is -0.140. The molecule has 3 heterocycles. The number of Topliss-reactive ketones (excluding diaryl/α,β-unsaturated/α-hetero) is 1. The van der Waals surface area contributed by atoms with Crippen LogP contribution in [0.4, 0.5) is 0 Å². The van der Waals surface area contributed by atoms with Gasteiger partial charge in [-0.2, -0.15) is 0 Å². The number of likely N-dealkylation sites (N-methyl/N-ethyl adjacent to an activating group) is 1. The van der Waals surface area contributed by atoms with Crippen LogP contribution in [0.25, 0.3) is 5.76 Å². The first-order chi connectivity index (χ1) is 13.5. The van der Waals surface area contributed by atoms with Crippen molar-refractivity contribution in [2.45, 2.75) is 6.04 Å². The van der Waals surface area contributed by atoms with Gasteiger partial charge in [0.1, 0.15) is 5.76 Å². The molecule has 0 bridgehead atoms. The molecule has 2 aliphatic heterocycles. The Balaban J connectivity index is 1.79. The first kappa shape index (κ1) is 18.5. The molecule has 0 radical (unpaired) electrons. The van der Waals surface area contributed by atoms with E-state index in [1.165, 1.54) is 16.2 Å². The maximum atomic E-state index is 12.8. The number of hydrogen-bond donors (Lipinski definition) is 1. The summed E-state index contributed by atoms with van der Waals surface area (Å²) in [6, 6.07) is 8.09. The van der Waals surface area contributed by atoms with Gasteiger partial charge in [0.2, 0.25) is 6.79 Å². The molecule has 0 aliphatic carbocycles. The smallest absolute Gasteiger partial charge is 0.295 e. The summed E-state index contributed by atoms with van der Waals surface area (Å²) in [7, 11) is 3.81. The number of thiophene rings is 1. The molecule has 2 aliphatic rings. The second-order valence-corrected chi connectivity index (χ2v) is 7.86. The number of amides is 1. The third-order valence-electron chi connectivity index (χ3n) is 4.79. The van der Waals surface area contributed by atoms with Gasteiger partial charge in [0.15, 0.2) is 11.5 Å². The molecule has 7 nitrogen and oxygen atoms in total. The van der Waals surface area contributed by atoms with Gasteiger partial charge in [-0.25, -0.2) is 0 Å². The van der Waals surface area contributed by atoms with Crippen molar-refractivity contribution >= 4 is 28.8 Å². The molecule has 28 heavy (non-hydrogen) atoms. The summed E-state index contributed by atoms with van der Waals surface area (Å²) in [5.74, 6) is -0.395. The van der Waals surface area contributed by atoms with Crippen LogP contribution in [0.5, 0.6) is 11.5 Å². The molecule has 1 saturated heterocycles. The number of fused-ring (bicyclic) bond motifs is 1. The van der Waals surface area contributed by atoms with E-state index < -0.39 is 17.7 Å². The molecule has 2 aromatic rings. The number of ether oxygens (including phenoxy) is 2. The van der Waals surface area contributed by atoms with Gasteiger partial charge in [0.25, 0.3) is 11.7 Å². The number of likely N-dealkylation sites (tertiary alicyclic amines) is 1. The molecule has 1 fully saturated rings. The van der Waals surface area contributed by atoms with Crippen molar-refractivity contribution in [3.05, 3.63) is 51.7 Å². The Morgan fingerprint density at radius 2 is 2.04 bits per heavy atom. The lowest BCUT2D eigenvalue weighted by Crippen LogP contribution is -2.35. The summed E-state index contributed by atoms with van der Waals surface area (Å²) in [6.45, 7) is 1.11. The Hall–Kier alpha value is -2.84. The van der Waals surface area contributed by atoms with Gasteiger partial charge in [-0.15, -0.1) is 11.3 Å². The van der Waals surface area contributed by atoms with E-state index in [-0.39, 0.29) is 18.1 Å². The Morgan fingerprint density at radius 3 is 2.75 bits per heavy atom. The Bertz CT molecular complexity index is 952. The predicted octanol–water partition coefficient (Wildman–Crippen LogP) is 2.46. The Kier molecular flexibility index (Phi) is 4.82. The highest BCUT2D eigenvalue weighted by atomic mass is 32.1. The minimum Gasteiger partial charge on any atom is -0.507 e. The number of carbonyl (C=O) groups excluding carboxylic acids is 2. The third kappa shape index (κ3) is 3.14. The lowest BCUT2D eigenvalue weighted by Gasteiger charge is -2.25. The Labute approximate surface area is 166 Å². The number of benzene rings is 1. The first-order valence-electron chi connectivity index (χ1n) is 8.84. The first-order valence-corrected chi connectivity index (χ1v) is 9.72. The number of nitrogens with zero attached hydrogens (tertiary/aromatic N) is 2. The topological polar surface area (TPSA) is 79.3 Å². The van der Waals surface area contributed by atoms with Crippen molar-refractivity contribution in [2.75, 3.05) is 34.0 Å². The van der Waals surface area contributed by atoms with E-state index >= 15 is 0 Å². The van der Waals surface area contributed by atoms with Crippen LogP contribution in [0.2, 0.25) is 0 Å². The van der Waals surface area contributed by atoms with E-state index in [9.17, 15) is 14.7 Å². The maximum absolute atomic E-state index is 12.8. The average molecular weight is 400 g/mol. The number of aliphatic hydroxyl groups is 1. The highest BCUT2D eigenvalue weighted by Gasteiger charge is 2.46. The van der Waals surface area contributed by atoms with Gasteiger partial charge in [-0.05, 0) is 43.7 Å². The minimum atomic E-state index is -0.674. The predicted molar refractivity (Wildman–Crippen MR) is 104 cm³/mol. The molecule has 0 saturated carbocycles. The molecular weight excluding hydrogens is 380 g/mol. The molecule has 1 atom stereocenters. The van der Waals surface area contributed by atoms with Gasteiger partial charge < -0.3 is 24.4 Å². The van der Waals surface area contributed by atoms with Crippen LogP contribution in [0.15, 0.2) is 41.3 Å². The average Bonchev–Trinajstić information content (AvgIpc) is 3.40. The van der Waals surface area contributed by atoms with Crippen LogP contribution in [-0.2, 0) is 9.59 Å². The fraction of sp³-hybridized carbons (Fsp3) is 0.300. The third-order valence-corrected chi connectivity index (χ3v) is 5.71. The van der Waals surface area contributed by atoms with Gasteiger partial charge in [0, 0.05) is 23.5 Å². The van der Waals surface area contributed by atoms with Crippen molar-refractivity contribution in [1.82, 2.24) is 9.80 Å². The Morgan fingerprint density at radius 1 is 1.25 bits per heavy atom. The van der Waals surface area contributed by atoms with Crippen LogP contribution in [0.1, 0.15) is 16.5 Å². The van der Waals surface area contributed by atoms with E-state index in [0.29, 0.717) is 30.2 Å². The molecule has 1 unspecified atom stereocenters. The second kappa shape index (κ2) is 7.29. The monoisotopic (exact) mass is 400 g/mol.